The third-order valence-electron chi connectivity index (χ3n) is 5.02. The summed E-state index contributed by atoms with van der Waals surface area (Å²) in [6, 6.07) is -1.31. The van der Waals surface area contributed by atoms with Crippen LogP contribution in [-0.2, 0) is 28.0 Å². The molecule has 13 heteroatoms. The summed E-state index contributed by atoms with van der Waals surface area (Å²) in [6.45, 7) is 13.3. The van der Waals surface area contributed by atoms with Gasteiger partial charge in [-0.05, 0) is 5.53 Å². The molecule has 12 nitrogen and oxygen atoms in total. The first-order valence-electron chi connectivity index (χ1n) is 9.23. The van der Waals surface area contributed by atoms with Gasteiger partial charge in [-0.2, -0.15) is 0 Å². The van der Waals surface area contributed by atoms with Crippen molar-refractivity contribution in [2.24, 2.45) is 5.11 Å². The van der Waals surface area contributed by atoms with Crippen LogP contribution in [0.15, 0.2) is 5.11 Å². The van der Waals surface area contributed by atoms with Crippen LogP contribution in [0.1, 0.15) is 48.5 Å². The van der Waals surface area contributed by atoms with Crippen LogP contribution < -0.4 is 0 Å². The highest BCUT2D eigenvalue weighted by atomic mass is 28.4. The van der Waals surface area contributed by atoms with Gasteiger partial charge in [-0.3, -0.25) is 9.63 Å². The van der Waals surface area contributed by atoms with Crippen LogP contribution in [0.25, 0.3) is 10.4 Å². The van der Waals surface area contributed by atoms with E-state index < -0.39 is 50.3 Å². The second kappa shape index (κ2) is 8.07. The second-order valence-corrected chi connectivity index (χ2v) is 13.9. The van der Waals surface area contributed by atoms with Crippen molar-refractivity contribution >= 4 is 14.5 Å². The fraction of sp³-hybridized carbons (Fsp3) is 0.938. The Balaban J connectivity index is 2.51. The lowest BCUT2D eigenvalue weighted by molar-refractivity contribution is -0.783. The molecular formula is C16H28N4O8Si. The van der Waals surface area contributed by atoms with Crippen molar-refractivity contribution in [3.05, 3.63) is 20.6 Å². The Hall–Kier alpha value is -1.92. The van der Waals surface area contributed by atoms with Gasteiger partial charge in [0.25, 0.3) is 5.09 Å². The summed E-state index contributed by atoms with van der Waals surface area (Å²) in [5.41, 5.74) is 8.96. The van der Waals surface area contributed by atoms with Crippen LogP contribution in [0, 0.1) is 10.1 Å². The molecule has 0 amide bonds. The van der Waals surface area contributed by atoms with Gasteiger partial charge in [-0.1, -0.05) is 46.7 Å². The van der Waals surface area contributed by atoms with E-state index in [1.165, 1.54) is 6.92 Å². The number of carbonyl (C=O) groups excluding carboxylic acids is 1. The van der Waals surface area contributed by atoms with Crippen molar-refractivity contribution < 1.29 is 33.0 Å². The zero-order valence-corrected chi connectivity index (χ0v) is 18.6. The molecule has 0 unspecified atom stereocenters. The molecule has 0 aromatic carbocycles. The van der Waals surface area contributed by atoms with Crippen molar-refractivity contribution in [1.29, 1.82) is 0 Å². The van der Waals surface area contributed by atoms with E-state index in [-0.39, 0.29) is 16.7 Å². The first kappa shape index (κ1) is 23.4. The number of rotatable bonds is 4. The minimum atomic E-state index is -2.97. The van der Waals surface area contributed by atoms with Crippen molar-refractivity contribution in [3.63, 3.8) is 0 Å². The fourth-order valence-electron chi connectivity index (χ4n) is 4.18. The van der Waals surface area contributed by atoms with Gasteiger partial charge in [-0.25, -0.2) is 0 Å². The van der Waals surface area contributed by atoms with Crippen molar-refractivity contribution in [1.82, 2.24) is 0 Å². The molecule has 2 fully saturated rings. The molecule has 29 heavy (non-hydrogen) atoms. The van der Waals surface area contributed by atoms with Crippen LogP contribution in [-0.4, -0.2) is 56.9 Å². The lowest BCUT2D eigenvalue weighted by Gasteiger charge is -2.57. The molecule has 0 radical (unpaired) electrons. The van der Waals surface area contributed by atoms with Crippen LogP contribution in [0.3, 0.4) is 0 Å². The Bertz CT molecular complexity index is 686. The van der Waals surface area contributed by atoms with Crippen LogP contribution in [0.4, 0.5) is 0 Å². The molecule has 164 valence electrons. The number of nitrogens with zero attached hydrogens (tertiary/aromatic N) is 4. The molecule has 2 heterocycles. The lowest BCUT2D eigenvalue weighted by Crippen LogP contribution is -2.71. The van der Waals surface area contributed by atoms with Crippen LogP contribution in [0.5, 0.6) is 0 Å². The first-order valence-corrected chi connectivity index (χ1v) is 11.0. The van der Waals surface area contributed by atoms with Crippen LogP contribution in [0.2, 0.25) is 10.1 Å². The van der Waals surface area contributed by atoms with E-state index in [0.717, 1.165) is 0 Å². The SMILES string of the molecule is CC(=O)O[C@@H]1[C@@H](N=[N+]=[N-])[C@@H](O[N+](=O)[O-])O[C@@H]2CO[Si](C(C)(C)C)(C(C)(C)C)O[C@@H]12. The number of ether oxygens (including phenoxy) is 2. The van der Waals surface area contributed by atoms with Gasteiger partial charge < -0.3 is 18.3 Å². The summed E-state index contributed by atoms with van der Waals surface area (Å²) >= 11 is 0. The fourth-order valence-corrected chi connectivity index (χ4v) is 9.14. The van der Waals surface area contributed by atoms with Crippen molar-refractivity contribution in [2.45, 2.75) is 89.2 Å². The smallest absolute Gasteiger partial charge is 0.349 e. The number of carbonyl (C=O) groups is 1. The van der Waals surface area contributed by atoms with E-state index >= 15 is 0 Å². The van der Waals surface area contributed by atoms with Gasteiger partial charge in [-0.15, -0.1) is 10.1 Å². The average Bonchev–Trinajstić information content (AvgIpc) is 2.54. The summed E-state index contributed by atoms with van der Waals surface area (Å²) in [6.07, 6.45) is -4.33. The number of azide groups is 1. The largest absolute Gasteiger partial charge is 0.459 e. The second-order valence-electron chi connectivity index (χ2n) is 9.15. The number of esters is 1. The van der Waals surface area contributed by atoms with E-state index in [1.807, 2.05) is 41.5 Å². The highest BCUT2D eigenvalue weighted by molar-refractivity contribution is 6.73. The van der Waals surface area contributed by atoms with E-state index in [4.69, 9.17) is 23.9 Å². The quantitative estimate of drug-likeness (QED) is 0.125. The average molecular weight is 433 g/mol. The van der Waals surface area contributed by atoms with E-state index in [0.29, 0.717) is 0 Å². The molecule has 2 saturated heterocycles. The Labute approximate surface area is 169 Å². The summed E-state index contributed by atoms with van der Waals surface area (Å²) in [4.78, 5) is 29.9. The molecule has 2 rings (SSSR count). The van der Waals surface area contributed by atoms with Gasteiger partial charge in [0.1, 0.15) is 24.4 Å². The van der Waals surface area contributed by atoms with Crippen molar-refractivity contribution in [2.75, 3.05) is 6.61 Å². The molecule has 2 aliphatic rings. The summed E-state index contributed by atoms with van der Waals surface area (Å²) < 4.78 is 23.9. The lowest BCUT2D eigenvalue weighted by atomic mass is 9.97. The molecule has 0 bridgehead atoms. The zero-order valence-electron chi connectivity index (χ0n) is 17.6. The van der Waals surface area contributed by atoms with Gasteiger partial charge >= 0.3 is 14.5 Å². The highest BCUT2D eigenvalue weighted by Crippen LogP contribution is 2.55. The third kappa shape index (κ3) is 4.48. The predicted molar refractivity (Wildman–Crippen MR) is 101 cm³/mol. The summed E-state index contributed by atoms with van der Waals surface area (Å²) in [5.74, 6) is -0.650. The maximum absolute atomic E-state index is 11.8. The standard InChI is InChI=1S/C16H28N4O8Si/c1-9(21)25-13-11(18-19-17)14(27-20(22)23)26-10-8-24-29(15(2,3)4,16(5,6)7)28-12(10)13/h10-14H,8H2,1-7H3/t10-,11-,12-,13-,14-/m1/s1. The molecule has 0 N–H and O–H groups in total. The normalized spacial score (nSPS) is 31.8. The van der Waals surface area contributed by atoms with Gasteiger partial charge in [0.05, 0.1) is 6.61 Å². The molecule has 0 saturated carbocycles. The zero-order chi connectivity index (χ0) is 22.2. The topological polar surface area (TPSA) is 155 Å². The maximum Gasteiger partial charge on any atom is 0.349 e. The van der Waals surface area contributed by atoms with Gasteiger partial charge in [0, 0.05) is 21.9 Å². The first-order chi connectivity index (χ1) is 13.2. The Kier molecular flexibility index (Phi) is 6.50. The minimum Gasteiger partial charge on any atom is -0.459 e. The Morgan fingerprint density at radius 2 is 1.86 bits per heavy atom. The summed E-state index contributed by atoms with van der Waals surface area (Å²) in [5, 5.41) is 12.7. The van der Waals surface area contributed by atoms with Gasteiger partial charge in [0.2, 0.25) is 6.29 Å². The summed E-state index contributed by atoms with van der Waals surface area (Å²) in [7, 11) is -2.97. The Morgan fingerprint density at radius 1 is 1.28 bits per heavy atom. The van der Waals surface area contributed by atoms with E-state index in [1.54, 1.807) is 0 Å². The molecule has 0 aliphatic carbocycles. The molecule has 0 aromatic rings. The van der Waals surface area contributed by atoms with Crippen molar-refractivity contribution in [3.8, 4) is 0 Å². The monoisotopic (exact) mass is 432 g/mol. The minimum absolute atomic E-state index is 0.0732. The third-order valence-corrected chi connectivity index (χ3v) is 10.1. The highest BCUT2D eigenvalue weighted by Gasteiger charge is 2.65. The van der Waals surface area contributed by atoms with E-state index in [9.17, 15) is 14.9 Å². The molecule has 0 spiro atoms. The maximum atomic E-state index is 11.8. The number of hydrogen-bond acceptors (Lipinski definition) is 9. The molecular weight excluding hydrogens is 404 g/mol. The molecule has 5 atom stereocenters. The number of hydrogen-bond donors (Lipinski definition) is 0. The molecule has 2 aliphatic heterocycles. The predicted octanol–water partition coefficient (Wildman–Crippen LogP) is 2.99. The molecule has 0 aromatic heterocycles. The van der Waals surface area contributed by atoms with Crippen LogP contribution >= 0.6 is 0 Å². The Morgan fingerprint density at radius 3 is 2.31 bits per heavy atom. The number of fused-ring (bicyclic) bond motifs is 1. The van der Waals surface area contributed by atoms with Gasteiger partial charge in [0.15, 0.2) is 0 Å². The van der Waals surface area contributed by atoms with E-state index in [2.05, 4.69) is 14.9 Å².